The van der Waals surface area contributed by atoms with Crippen molar-refractivity contribution in [1.29, 1.82) is 0 Å². The molecule has 0 amide bonds. The lowest BCUT2D eigenvalue weighted by atomic mass is 9.82. The Morgan fingerprint density at radius 2 is 2.42 bits per heavy atom. The molecule has 0 bridgehead atoms. The second-order valence-electron chi connectivity index (χ2n) is 3.19. The quantitative estimate of drug-likeness (QED) is 0.660. The maximum Gasteiger partial charge on any atom is 0.157 e. The maximum absolute atomic E-state index is 11.4. The van der Waals surface area contributed by atoms with Gasteiger partial charge in [0.25, 0.3) is 0 Å². The van der Waals surface area contributed by atoms with Gasteiger partial charge in [-0.1, -0.05) is 6.42 Å². The van der Waals surface area contributed by atoms with E-state index in [-0.39, 0.29) is 0 Å². The second-order valence-corrected chi connectivity index (χ2v) is 3.19. The van der Waals surface area contributed by atoms with E-state index in [2.05, 4.69) is 10.1 Å². The van der Waals surface area contributed by atoms with E-state index in [9.17, 15) is 4.79 Å². The highest BCUT2D eigenvalue weighted by Gasteiger charge is 2.24. The van der Waals surface area contributed by atoms with Crippen LogP contribution < -0.4 is 0 Å². The molecule has 1 fully saturated rings. The van der Waals surface area contributed by atoms with Gasteiger partial charge in [0, 0.05) is 5.92 Å². The molecule has 12 heavy (non-hydrogen) atoms. The highest BCUT2D eigenvalue weighted by atomic mass is 16.1. The van der Waals surface area contributed by atoms with Gasteiger partial charge in [0.05, 0.1) is 0 Å². The van der Waals surface area contributed by atoms with Crippen LogP contribution in [0.5, 0.6) is 0 Å². The zero-order valence-electron chi connectivity index (χ0n) is 6.81. The molecule has 1 saturated carbocycles. The van der Waals surface area contributed by atoms with Crippen LogP contribution in [0.3, 0.4) is 0 Å². The Morgan fingerprint density at radius 1 is 1.58 bits per heavy atom. The van der Waals surface area contributed by atoms with E-state index in [1.807, 2.05) is 0 Å². The van der Waals surface area contributed by atoms with Crippen LogP contribution in [0, 0.1) is 5.92 Å². The number of rotatable bonds is 3. The molecular weight excluding hydrogens is 154 g/mol. The van der Waals surface area contributed by atoms with Crippen molar-refractivity contribution in [1.82, 2.24) is 14.8 Å². The summed E-state index contributed by atoms with van der Waals surface area (Å²) in [6.45, 7) is 0.394. The summed E-state index contributed by atoms with van der Waals surface area (Å²) in [4.78, 5) is 15.2. The minimum Gasteiger partial charge on any atom is -0.297 e. The monoisotopic (exact) mass is 165 g/mol. The lowest BCUT2D eigenvalue weighted by molar-refractivity contribution is -0.126. The van der Waals surface area contributed by atoms with Crippen molar-refractivity contribution >= 4 is 5.78 Å². The Bertz CT molecular complexity index is 264. The van der Waals surface area contributed by atoms with Crippen LogP contribution in [0.2, 0.25) is 0 Å². The van der Waals surface area contributed by atoms with Crippen LogP contribution in [0.4, 0.5) is 0 Å². The Morgan fingerprint density at radius 3 is 2.92 bits per heavy atom. The van der Waals surface area contributed by atoms with Gasteiger partial charge < -0.3 is 0 Å². The minimum absolute atomic E-state index is 0.298. The van der Waals surface area contributed by atoms with Gasteiger partial charge in [-0.05, 0) is 12.8 Å². The Labute approximate surface area is 70.6 Å². The van der Waals surface area contributed by atoms with E-state index >= 15 is 0 Å². The molecule has 1 aliphatic rings. The Hall–Kier alpha value is -1.19. The summed E-state index contributed by atoms with van der Waals surface area (Å²) in [7, 11) is 0. The first-order valence-corrected chi connectivity index (χ1v) is 4.21. The fraction of sp³-hybridized carbons (Fsp3) is 0.625. The molecule has 1 heterocycles. The van der Waals surface area contributed by atoms with E-state index in [0.717, 1.165) is 12.8 Å². The first-order valence-electron chi connectivity index (χ1n) is 4.21. The third-order valence-corrected chi connectivity index (χ3v) is 2.34. The lowest BCUT2D eigenvalue weighted by Gasteiger charge is -2.23. The van der Waals surface area contributed by atoms with Gasteiger partial charge in [-0.3, -0.25) is 4.79 Å². The highest BCUT2D eigenvalue weighted by Crippen LogP contribution is 2.27. The van der Waals surface area contributed by atoms with Crippen LogP contribution in [0.15, 0.2) is 12.7 Å². The van der Waals surface area contributed by atoms with Crippen molar-refractivity contribution in [2.24, 2.45) is 5.92 Å². The first kappa shape index (κ1) is 7.46. The molecule has 0 aromatic carbocycles. The number of ketones is 1. The molecule has 0 radical (unpaired) electrons. The summed E-state index contributed by atoms with van der Waals surface area (Å²) in [5.41, 5.74) is 0. The topological polar surface area (TPSA) is 47.8 Å². The van der Waals surface area contributed by atoms with Crippen LogP contribution in [0.1, 0.15) is 19.3 Å². The predicted molar refractivity (Wildman–Crippen MR) is 42.4 cm³/mol. The Kier molecular flexibility index (Phi) is 1.89. The normalized spacial score (nSPS) is 17.3. The molecule has 0 N–H and O–H groups in total. The van der Waals surface area contributed by atoms with Gasteiger partial charge in [0.2, 0.25) is 0 Å². The summed E-state index contributed by atoms with van der Waals surface area (Å²) in [6.07, 6.45) is 6.36. The summed E-state index contributed by atoms with van der Waals surface area (Å²) in [5, 5.41) is 3.88. The van der Waals surface area contributed by atoms with Gasteiger partial charge in [0.1, 0.15) is 19.2 Å². The molecule has 0 atom stereocenters. The Balaban J connectivity index is 1.90. The smallest absolute Gasteiger partial charge is 0.157 e. The largest absolute Gasteiger partial charge is 0.297 e. The molecule has 2 rings (SSSR count). The summed E-state index contributed by atoms with van der Waals surface area (Å²) in [5.74, 6) is 0.598. The second kappa shape index (κ2) is 3.05. The fourth-order valence-corrected chi connectivity index (χ4v) is 1.33. The van der Waals surface area contributed by atoms with Gasteiger partial charge in [-0.2, -0.15) is 5.10 Å². The van der Waals surface area contributed by atoms with Crippen molar-refractivity contribution in [3.63, 3.8) is 0 Å². The van der Waals surface area contributed by atoms with E-state index in [0.29, 0.717) is 18.2 Å². The predicted octanol–water partition coefficient (Wildman–Crippen LogP) is 0.647. The number of nitrogens with zero attached hydrogens (tertiary/aromatic N) is 3. The molecule has 0 aliphatic heterocycles. The SMILES string of the molecule is O=C(Cn1cncn1)C1CCC1. The molecule has 0 spiro atoms. The number of carbonyl (C=O) groups excluding carboxylic acids is 1. The maximum atomic E-state index is 11.4. The van der Waals surface area contributed by atoms with Crippen LogP contribution >= 0.6 is 0 Å². The van der Waals surface area contributed by atoms with Crippen molar-refractivity contribution < 1.29 is 4.79 Å². The van der Waals surface area contributed by atoms with E-state index in [4.69, 9.17) is 0 Å². The molecule has 1 aromatic heterocycles. The molecule has 0 unspecified atom stereocenters. The van der Waals surface area contributed by atoms with Crippen LogP contribution in [-0.2, 0) is 11.3 Å². The molecule has 1 aromatic rings. The molecule has 0 saturated heterocycles. The van der Waals surface area contributed by atoms with E-state index in [1.165, 1.54) is 12.7 Å². The number of carbonyl (C=O) groups is 1. The average Bonchev–Trinajstić information content (AvgIpc) is 2.34. The zero-order valence-corrected chi connectivity index (χ0v) is 6.81. The van der Waals surface area contributed by atoms with Gasteiger partial charge >= 0.3 is 0 Å². The minimum atomic E-state index is 0.298. The standard InChI is InChI=1S/C8H11N3O/c12-8(7-2-1-3-7)4-11-6-9-5-10-11/h5-7H,1-4H2. The fourth-order valence-electron chi connectivity index (χ4n) is 1.33. The number of aromatic nitrogens is 3. The summed E-state index contributed by atoms with van der Waals surface area (Å²) >= 11 is 0. The molecule has 64 valence electrons. The zero-order chi connectivity index (χ0) is 8.39. The number of Topliss-reactive ketones (excluding diaryl/α,β-unsaturated/α-hetero) is 1. The molecule has 4 nitrogen and oxygen atoms in total. The molecule has 1 aliphatic carbocycles. The number of hydrogen-bond acceptors (Lipinski definition) is 3. The van der Waals surface area contributed by atoms with E-state index in [1.54, 1.807) is 11.0 Å². The van der Waals surface area contributed by atoms with Crippen molar-refractivity contribution in [3.05, 3.63) is 12.7 Å². The summed E-state index contributed by atoms with van der Waals surface area (Å²) in [6, 6.07) is 0. The van der Waals surface area contributed by atoms with Gasteiger partial charge in [0.15, 0.2) is 5.78 Å². The van der Waals surface area contributed by atoms with Crippen molar-refractivity contribution in [3.8, 4) is 0 Å². The van der Waals surface area contributed by atoms with Gasteiger partial charge in [-0.25, -0.2) is 9.67 Å². The van der Waals surface area contributed by atoms with Crippen LogP contribution in [-0.4, -0.2) is 20.5 Å². The van der Waals surface area contributed by atoms with Gasteiger partial charge in [-0.15, -0.1) is 0 Å². The highest BCUT2D eigenvalue weighted by molar-refractivity contribution is 5.81. The third-order valence-electron chi connectivity index (χ3n) is 2.34. The van der Waals surface area contributed by atoms with Crippen molar-refractivity contribution in [2.75, 3.05) is 0 Å². The summed E-state index contributed by atoms with van der Waals surface area (Å²) < 4.78 is 1.58. The first-order chi connectivity index (χ1) is 5.86. The van der Waals surface area contributed by atoms with E-state index < -0.39 is 0 Å². The molecule has 4 heteroatoms. The lowest BCUT2D eigenvalue weighted by Crippen LogP contribution is -2.25. The van der Waals surface area contributed by atoms with Crippen molar-refractivity contribution in [2.45, 2.75) is 25.8 Å². The molecular formula is C8H11N3O. The number of hydrogen-bond donors (Lipinski definition) is 0. The average molecular weight is 165 g/mol. The van der Waals surface area contributed by atoms with Crippen LogP contribution in [0.25, 0.3) is 0 Å². The third kappa shape index (κ3) is 1.37.